The van der Waals surface area contributed by atoms with Crippen molar-refractivity contribution in [3.05, 3.63) is 36.8 Å². The van der Waals surface area contributed by atoms with E-state index in [1.165, 1.54) is 0 Å². The van der Waals surface area contributed by atoms with Crippen LogP contribution in [-0.4, -0.2) is 41.1 Å². The molecule has 0 atom stereocenters. The predicted molar refractivity (Wildman–Crippen MR) is 74.6 cm³/mol. The Labute approximate surface area is 111 Å². The number of piperazine rings is 1. The molecule has 6 nitrogen and oxygen atoms in total. The Balaban J connectivity index is 1.76. The predicted octanol–water partition coefficient (Wildman–Crippen LogP) is 1.02. The molecule has 19 heavy (non-hydrogen) atoms. The number of aromatic nitrogens is 3. The van der Waals surface area contributed by atoms with Crippen LogP contribution >= 0.6 is 0 Å². The molecule has 2 aromatic heterocycles. The molecule has 0 amide bonds. The molecule has 2 N–H and O–H groups in total. The molecule has 0 aliphatic carbocycles. The topological polar surface area (TPSA) is 66.0 Å². The number of hydrogen-bond donors (Lipinski definition) is 2. The Hall–Kier alpha value is -2.21. The van der Waals surface area contributed by atoms with E-state index in [-0.39, 0.29) is 0 Å². The van der Waals surface area contributed by atoms with E-state index >= 15 is 0 Å². The smallest absolute Gasteiger partial charge is 0.137 e. The normalized spacial score (nSPS) is 15.3. The van der Waals surface area contributed by atoms with Gasteiger partial charge in [-0.05, 0) is 12.1 Å². The number of nitrogens with one attached hydrogen (secondary N) is 2. The monoisotopic (exact) mass is 256 g/mol. The molecule has 98 valence electrons. The number of pyridine rings is 1. The second-order valence-corrected chi connectivity index (χ2v) is 4.34. The summed E-state index contributed by atoms with van der Waals surface area (Å²) < 4.78 is 0. The summed E-state index contributed by atoms with van der Waals surface area (Å²) in [5, 5.41) is 6.51. The SMILES string of the molecule is c1ccc(Nc2cc(N3CCNCC3)ncn2)nc1. The Morgan fingerprint density at radius 2 is 1.95 bits per heavy atom. The van der Waals surface area contributed by atoms with Gasteiger partial charge in [0.15, 0.2) is 0 Å². The summed E-state index contributed by atoms with van der Waals surface area (Å²) in [4.78, 5) is 15.0. The molecule has 1 fully saturated rings. The first-order valence-corrected chi connectivity index (χ1v) is 6.37. The first-order valence-electron chi connectivity index (χ1n) is 6.37. The quantitative estimate of drug-likeness (QED) is 0.855. The molecule has 6 heteroatoms. The van der Waals surface area contributed by atoms with Crippen LogP contribution in [0.1, 0.15) is 0 Å². The van der Waals surface area contributed by atoms with Crippen molar-refractivity contribution < 1.29 is 0 Å². The van der Waals surface area contributed by atoms with Crippen LogP contribution in [0.2, 0.25) is 0 Å². The summed E-state index contributed by atoms with van der Waals surface area (Å²) in [5.41, 5.74) is 0. The van der Waals surface area contributed by atoms with E-state index in [2.05, 4.69) is 30.5 Å². The van der Waals surface area contributed by atoms with Crippen LogP contribution in [0.15, 0.2) is 36.8 Å². The number of nitrogens with zero attached hydrogens (tertiary/aromatic N) is 4. The largest absolute Gasteiger partial charge is 0.354 e. The summed E-state index contributed by atoms with van der Waals surface area (Å²) in [6.07, 6.45) is 3.34. The molecule has 0 radical (unpaired) electrons. The zero-order chi connectivity index (χ0) is 12.9. The van der Waals surface area contributed by atoms with Crippen LogP contribution in [0.25, 0.3) is 0 Å². The summed E-state index contributed by atoms with van der Waals surface area (Å²) in [5.74, 6) is 2.50. The van der Waals surface area contributed by atoms with E-state index in [1.54, 1.807) is 12.5 Å². The molecule has 3 rings (SSSR count). The molecule has 3 heterocycles. The molecule has 0 unspecified atom stereocenters. The van der Waals surface area contributed by atoms with Gasteiger partial charge in [-0.3, -0.25) is 0 Å². The first-order chi connectivity index (χ1) is 9.42. The van der Waals surface area contributed by atoms with E-state index < -0.39 is 0 Å². The van der Waals surface area contributed by atoms with Crippen LogP contribution in [0.5, 0.6) is 0 Å². The van der Waals surface area contributed by atoms with Gasteiger partial charge in [0.05, 0.1) is 0 Å². The average Bonchev–Trinajstić information content (AvgIpc) is 2.49. The summed E-state index contributed by atoms with van der Waals surface area (Å²) in [7, 11) is 0. The van der Waals surface area contributed by atoms with Crippen LogP contribution in [-0.2, 0) is 0 Å². The Morgan fingerprint density at radius 3 is 2.74 bits per heavy atom. The molecular weight excluding hydrogens is 240 g/mol. The van der Waals surface area contributed by atoms with E-state index in [0.29, 0.717) is 0 Å². The van der Waals surface area contributed by atoms with Crippen molar-refractivity contribution in [3.63, 3.8) is 0 Å². The van der Waals surface area contributed by atoms with Crippen molar-refractivity contribution >= 4 is 17.5 Å². The lowest BCUT2D eigenvalue weighted by atomic mass is 10.3. The molecule has 0 saturated carbocycles. The van der Waals surface area contributed by atoms with Gasteiger partial charge in [-0.15, -0.1) is 0 Å². The zero-order valence-corrected chi connectivity index (χ0v) is 10.6. The van der Waals surface area contributed by atoms with Crippen LogP contribution in [0.4, 0.5) is 17.5 Å². The molecule has 0 bridgehead atoms. The van der Waals surface area contributed by atoms with Crippen LogP contribution in [0.3, 0.4) is 0 Å². The number of hydrogen-bond acceptors (Lipinski definition) is 6. The molecule has 1 aliphatic rings. The summed E-state index contributed by atoms with van der Waals surface area (Å²) in [6, 6.07) is 7.69. The Kier molecular flexibility index (Phi) is 3.51. The minimum absolute atomic E-state index is 0.766. The minimum atomic E-state index is 0.766. The standard InChI is InChI=1S/C13H16N6/c1-2-4-15-11(3-1)18-12-9-13(17-10-16-12)19-7-5-14-6-8-19/h1-4,9-10,14H,5-8H2,(H,15,16,17,18). The molecule has 0 aromatic carbocycles. The lowest BCUT2D eigenvalue weighted by molar-refractivity contribution is 0.584. The third-order valence-corrected chi connectivity index (χ3v) is 3.01. The lowest BCUT2D eigenvalue weighted by Gasteiger charge is -2.28. The fraction of sp³-hybridized carbons (Fsp3) is 0.308. The van der Waals surface area contributed by atoms with Gasteiger partial charge in [-0.1, -0.05) is 6.07 Å². The maximum Gasteiger partial charge on any atom is 0.137 e. The molecule has 0 spiro atoms. The molecular formula is C13H16N6. The second-order valence-electron chi connectivity index (χ2n) is 4.34. The van der Waals surface area contributed by atoms with Crippen molar-refractivity contribution in [3.8, 4) is 0 Å². The highest BCUT2D eigenvalue weighted by molar-refractivity contribution is 5.56. The van der Waals surface area contributed by atoms with E-state index in [9.17, 15) is 0 Å². The zero-order valence-electron chi connectivity index (χ0n) is 10.6. The van der Waals surface area contributed by atoms with Crippen LogP contribution in [0, 0.1) is 0 Å². The van der Waals surface area contributed by atoms with Gasteiger partial charge in [-0.2, -0.15) is 0 Å². The van der Waals surface area contributed by atoms with Crippen LogP contribution < -0.4 is 15.5 Å². The fourth-order valence-corrected chi connectivity index (χ4v) is 2.05. The number of anilines is 3. The molecule has 1 aliphatic heterocycles. The maximum atomic E-state index is 4.33. The van der Waals surface area contributed by atoms with Gasteiger partial charge in [0.25, 0.3) is 0 Å². The van der Waals surface area contributed by atoms with E-state index in [1.807, 2.05) is 24.3 Å². The summed E-state index contributed by atoms with van der Waals surface area (Å²) in [6.45, 7) is 3.93. The highest BCUT2D eigenvalue weighted by Gasteiger charge is 2.12. The van der Waals surface area contributed by atoms with E-state index in [0.717, 1.165) is 43.6 Å². The lowest BCUT2D eigenvalue weighted by Crippen LogP contribution is -2.43. The van der Waals surface area contributed by atoms with Crippen molar-refractivity contribution in [2.75, 3.05) is 36.4 Å². The van der Waals surface area contributed by atoms with Gasteiger partial charge in [0.2, 0.25) is 0 Å². The second kappa shape index (κ2) is 5.62. The van der Waals surface area contributed by atoms with Gasteiger partial charge in [0, 0.05) is 38.4 Å². The van der Waals surface area contributed by atoms with E-state index in [4.69, 9.17) is 0 Å². The first kappa shape index (κ1) is 11.9. The van der Waals surface area contributed by atoms with Crippen molar-refractivity contribution in [1.29, 1.82) is 0 Å². The van der Waals surface area contributed by atoms with Crippen molar-refractivity contribution in [2.24, 2.45) is 0 Å². The Morgan fingerprint density at radius 1 is 1.05 bits per heavy atom. The highest BCUT2D eigenvalue weighted by Crippen LogP contribution is 2.17. The third-order valence-electron chi connectivity index (χ3n) is 3.01. The maximum absolute atomic E-state index is 4.33. The Bertz CT molecular complexity index is 524. The van der Waals surface area contributed by atoms with Gasteiger partial charge < -0.3 is 15.5 Å². The molecule has 2 aromatic rings. The fourth-order valence-electron chi connectivity index (χ4n) is 2.05. The minimum Gasteiger partial charge on any atom is -0.354 e. The van der Waals surface area contributed by atoms with Crippen molar-refractivity contribution in [1.82, 2.24) is 20.3 Å². The summed E-state index contributed by atoms with van der Waals surface area (Å²) >= 11 is 0. The van der Waals surface area contributed by atoms with Gasteiger partial charge in [0.1, 0.15) is 23.8 Å². The van der Waals surface area contributed by atoms with Crippen molar-refractivity contribution in [2.45, 2.75) is 0 Å². The highest BCUT2D eigenvalue weighted by atomic mass is 15.2. The molecule has 1 saturated heterocycles. The van der Waals surface area contributed by atoms with Gasteiger partial charge >= 0.3 is 0 Å². The average molecular weight is 256 g/mol. The third kappa shape index (κ3) is 2.97. The van der Waals surface area contributed by atoms with Gasteiger partial charge in [-0.25, -0.2) is 15.0 Å². The number of rotatable bonds is 3.